The molecule has 0 fully saturated rings. The number of hydrogen-bond donors (Lipinski definition) is 2. The molecule has 0 bridgehead atoms. The van der Waals surface area contributed by atoms with Gasteiger partial charge in [0.15, 0.2) is 0 Å². The fraction of sp³-hybridized carbons (Fsp3) is 0.231. The molecule has 0 spiro atoms. The topological polar surface area (TPSA) is 86.3 Å². The highest BCUT2D eigenvalue weighted by atomic mass is 16.5. The molecule has 0 saturated carbocycles. The highest BCUT2D eigenvalue weighted by Crippen LogP contribution is 2.18. The Kier molecular flexibility index (Phi) is 3.70. The van der Waals surface area contributed by atoms with E-state index in [0.29, 0.717) is 5.69 Å². The van der Waals surface area contributed by atoms with Gasteiger partial charge in [0.1, 0.15) is 13.1 Å². The number of nitrogens with one attached hydrogen (secondary N) is 1. The molecule has 0 saturated heterocycles. The lowest BCUT2D eigenvalue weighted by Gasteiger charge is -2.07. The zero-order valence-electron chi connectivity index (χ0n) is 10.6. The van der Waals surface area contributed by atoms with E-state index in [1.807, 2.05) is 30.5 Å². The number of carbonyl (C=O) groups excluding carboxylic acids is 2. The number of nitrogen functional groups attached to an aromatic ring is 1. The third-order valence-electron chi connectivity index (χ3n) is 2.77. The summed E-state index contributed by atoms with van der Waals surface area (Å²) in [7, 11) is 1.27. The molecule has 6 nitrogen and oxygen atoms in total. The van der Waals surface area contributed by atoms with Crippen molar-refractivity contribution in [3.63, 3.8) is 0 Å². The number of amides is 1. The van der Waals surface area contributed by atoms with Crippen LogP contribution in [0.2, 0.25) is 0 Å². The van der Waals surface area contributed by atoms with E-state index in [0.717, 1.165) is 10.9 Å². The van der Waals surface area contributed by atoms with Gasteiger partial charge in [-0.1, -0.05) is 6.07 Å². The van der Waals surface area contributed by atoms with E-state index in [-0.39, 0.29) is 19.0 Å². The summed E-state index contributed by atoms with van der Waals surface area (Å²) >= 11 is 0. The van der Waals surface area contributed by atoms with Gasteiger partial charge in [-0.3, -0.25) is 9.59 Å². The summed E-state index contributed by atoms with van der Waals surface area (Å²) in [5.74, 6) is -0.736. The summed E-state index contributed by atoms with van der Waals surface area (Å²) < 4.78 is 6.22. The minimum Gasteiger partial charge on any atom is -0.468 e. The number of fused-ring (bicyclic) bond motifs is 1. The second-order valence-electron chi connectivity index (χ2n) is 4.11. The van der Waals surface area contributed by atoms with Crippen LogP contribution in [0.3, 0.4) is 0 Å². The minimum absolute atomic E-state index is 0.128. The van der Waals surface area contributed by atoms with Crippen molar-refractivity contribution in [2.45, 2.75) is 6.54 Å². The van der Waals surface area contributed by atoms with E-state index in [2.05, 4.69) is 10.1 Å². The van der Waals surface area contributed by atoms with Crippen LogP contribution in [0.1, 0.15) is 0 Å². The van der Waals surface area contributed by atoms with E-state index in [9.17, 15) is 9.59 Å². The molecule has 0 aliphatic rings. The van der Waals surface area contributed by atoms with Gasteiger partial charge in [0.05, 0.1) is 12.6 Å². The maximum absolute atomic E-state index is 11.7. The molecule has 0 atom stereocenters. The van der Waals surface area contributed by atoms with Gasteiger partial charge in [-0.2, -0.15) is 0 Å². The maximum atomic E-state index is 11.7. The van der Waals surface area contributed by atoms with Crippen LogP contribution < -0.4 is 11.1 Å². The lowest BCUT2D eigenvalue weighted by atomic mass is 10.2. The zero-order valence-corrected chi connectivity index (χ0v) is 10.6. The van der Waals surface area contributed by atoms with Crippen molar-refractivity contribution in [2.24, 2.45) is 0 Å². The number of nitrogens with zero attached hydrogens (tertiary/aromatic N) is 1. The molecule has 100 valence electrons. The summed E-state index contributed by atoms with van der Waals surface area (Å²) in [6.07, 6.45) is 1.81. The fourth-order valence-electron chi connectivity index (χ4n) is 1.79. The van der Waals surface area contributed by atoms with Gasteiger partial charge >= 0.3 is 5.97 Å². The van der Waals surface area contributed by atoms with Crippen LogP contribution in [0.25, 0.3) is 10.9 Å². The maximum Gasteiger partial charge on any atom is 0.325 e. The minimum atomic E-state index is -0.477. The highest BCUT2D eigenvalue weighted by molar-refractivity contribution is 5.86. The van der Waals surface area contributed by atoms with E-state index in [1.54, 1.807) is 4.57 Å². The Labute approximate surface area is 110 Å². The van der Waals surface area contributed by atoms with Gasteiger partial charge in [-0.05, 0) is 23.6 Å². The van der Waals surface area contributed by atoms with Crippen LogP contribution >= 0.6 is 0 Å². The third-order valence-corrected chi connectivity index (χ3v) is 2.77. The Morgan fingerprint density at radius 3 is 2.89 bits per heavy atom. The first-order valence-corrected chi connectivity index (χ1v) is 5.78. The lowest BCUT2D eigenvalue weighted by Crippen LogP contribution is -2.32. The van der Waals surface area contributed by atoms with Crippen molar-refractivity contribution >= 4 is 28.5 Å². The quantitative estimate of drug-likeness (QED) is 0.620. The van der Waals surface area contributed by atoms with E-state index in [1.165, 1.54) is 7.11 Å². The summed E-state index contributed by atoms with van der Waals surface area (Å²) in [4.78, 5) is 22.6. The number of methoxy groups -OCH3 is 1. The molecule has 2 rings (SSSR count). The average molecular weight is 261 g/mol. The van der Waals surface area contributed by atoms with E-state index >= 15 is 0 Å². The van der Waals surface area contributed by atoms with Crippen LogP contribution in [0.4, 0.5) is 5.69 Å². The molecule has 6 heteroatoms. The van der Waals surface area contributed by atoms with Gasteiger partial charge in [-0.15, -0.1) is 0 Å². The number of nitrogens with two attached hydrogens (primary N) is 1. The summed E-state index contributed by atoms with van der Waals surface area (Å²) in [5.41, 5.74) is 7.25. The molecule has 0 aliphatic heterocycles. The average Bonchev–Trinajstić information content (AvgIpc) is 2.78. The molecule has 0 aliphatic carbocycles. The SMILES string of the molecule is COC(=O)CNC(=O)Cn1ccc2ccc(N)cc21. The molecule has 2 aromatic rings. The van der Waals surface area contributed by atoms with E-state index < -0.39 is 5.97 Å². The van der Waals surface area contributed by atoms with Crippen LogP contribution in [-0.4, -0.2) is 30.1 Å². The van der Waals surface area contributed by atoms with Gasteiger partial charge in [-0.25, -0.2) is 0 Å². The summed E-state index contributed by atoms with van der Waals surface area (Å²) in [6.45, 7) is 0.000616. The number of carbonyl (C=O) groups is 2. The Hall–Kier alpha value is -2.50. The smallest absolute Gasteiger partial charge is 0.325 e. The largest absolute Gasteiger partial charge is 0.468 e. The molecule has 1 aromatic carbocycles. The van der Waals surface area contributed by atoms with Crippen molar-refractivity contribution < 1.29 is 14.3 Å². The summed E-state index contributed by atoms with van der Waals surface area (Å²) in [6, 6.07) is 7.42. The van der Waals surface area contributed by atoms with Crippen LogP contribution in [0.15, 0.2) is 30.5 Å². The molecule has 1 heterocycles. The molecule has 1 aromatic heterocycles. The van der Waals surface area contributed by atoms with Crippen LogP contribution in [0, 0.1) is 0 Å². The highest BCUT2D eigenvalue weighted by Gasteiger charge is 2.08. The second-order valence-corrected chi connectivity index (χ2v) is 4.11. The first kappa shape index (κ1) is 12.9. The first-order chi connectivity index (χ1) is 9.10. The van der Waals surface area contributed by atoms with Crippen molar-refractivity contribution in [3.05, 3.63) is 30.5 Å². The lowest BCUT2D eigenvalue weighted by molar-refractivity contribution is -0.141. The van der Waals surface area contributed by atoms with Gasteiger partial charge < -0.3 is 20.4 Å². The Balaban J connectivity index is 2.07. The van der Waals surface area contributed by atoms with Crippen molar-refractivity contribution in [3.8, 4) is 0 Å². The number of anilines is 1. The van der Waals surface area contributed by atoms with Gasteiger partial charge in [0.2, 0.25) is 5.91 Å². The molecular weight excluding hydrogens is 246 g/mol. The molecular formula is C13H15N3O3. The number of hydrogen-bond acceptors (Lipinski definition) is 4. The second kappa shape index (κ2) is 5.43. The number of benzene rings is 1. The third kappa shape index (κ3) is 3.04. The van der Waals surface area contributed by atoms with Crippen molar-refractivity contribution in [2.75, 3.05) is 19.4 Å². The zero-order chi connectivity index (χ0) is 13.8. The number of esters is 1. The number of rotatable bonds is 4. The number of aromatic nitrogens is 1. The predicted octanol–water partition coefficient (Wildman–Crippen LogP) is 0.513. The van der Waals surface area contributed by atoms with E-state index in [4.69, 9.17) is 5.73 Å². The first-order valence-electron chi connectivity index (χ1n) is 5.78. The monoisotopic (exact) mass is 261 g/mol. The van der Waals surface area contributed by atoms with Crippen molar-refractivity contribution in [1.82, 2.24) is 9.88 Å². The standard InChI is InChI=1S/C13H15N3O3/c1-19-13(18)7-15-12(17)8-16-5-4-9-2-3-10(14)6-11(9)16/h2-6H,7-8,14H2,1H3,(H,15,17). The van der Waals surface area contributed by atoms with Crippen molar-refractivity contribution in [1.29, 1.82) is 0 Å². The Bertz CT molecular complexity index is 619. The molecule has 1 amide bonds. The normalized spacial score (nSPS) is 10.4. The Morgan fingerprint density at radius 2 is 2.16 bits per heavy atom. The molecule has 0 unspecified atom stereocenters. The van der Waals surface area contributed by atoms with Gasteiger partial charge in [0, 0.05) is 11.9 Å². The number of ether oxygens (including phenoxy) is 1. The van der Waals surface area contributed by atoms with Gasteiger partial charge in [0.25, 0.3) is 0 Å². The summed E-state index contributed by atoms with van der Waals surface area (Å²) in [5, 5.41) is 3.49. The Morgan fingerprint density at radius 1 is 1.37 bits per heavy atom. The fourth-order valence-corrected chi connectivity index (χ4v) is 1.79. The molecule has 0 radical (unpaired) electrons. The van der Waals surface area contributed by atoms with Crippen LogP contribution in [-0.2, 0) is 20.9 Å². The van der Waals surface area contributed by atoms with Crippen LogP contribution in [0.5, 0.6) is 0 Å². The predicted molar refractivity (Wildman–Crippen MR) is 71.4 cm³/mol. The molecule has 19 heavy (non-hydrogen) atoms. The molecule has 3 N–H and O–H groups in total.